The van der Waals surface area contributed by atoms with Crippen molar-refractivity contribution in [3.63, 3.8) is 0 Å². The zero-order valence-corrected chi connectivity index (χ0v) is 13.6. The van der Waals surface area contributed by atoms with Gasteiger partial charge in [0.25, 0.3) is 0 Å². The summed E-state index contributed by atoms with van der Waals surface area (Å²) in [6.45, 7) is 0.871. The maximum absolute atomic E-state index is 10.3. The molecule has 2 aromatic carbocycles. The molecule has 2 N–H and O–H groups in total. The van der Waals surface area contributed by atoms with E-state index in [4.69, 9.17) is 9.47 Å². The summed E-state index contributed by atoms with van der Waals surface area (Å²) in [4.78, 5) is 0. The van der Waals surface area contributed by atoms with E-state index in [1.807, 2.05) is 60.7 Å². The molecule has 0 radical (unpaired) electrons. The Labute approximate surface area is 142 Å². The number of hydrogen-bond acceptors (Lipinski definition) is 4. The highest BCUT2D eigenvalue weighted by Crippen LogP contribution is 2.26. The number of aliphatic hydroxyl groups excluding tert-OH is 2. The summed E-state index contributed by atoms with van der Waals surface area (Å²) in [5.74, 6) is 0. The van der Waals surface area contributed by atoms with E-state index in [0.29, 0.717) is 26.1 Å². The van der Waals surface area contributed by atoms with E-state index in [1.165, 1.54) is 0 Å². The lowest BCUT2D eigenvalue weighted by Crippen LogP contribution is -2.50. The van der Waals surface area contributed by atoms with Crippen molar-refractivity contribution in [3.8, 4) is 0 Å². The standard InChI is InChI=1S/C20H24O4/c21-19-17(23-13-15-7-3-1-4-8-15)11-12-18(20(19)22)24-14-16-9-5-2-6-10-16/h1-10,17-22H,11-14H2/t17-,18?,19?,20-/m1/s1. The molecule has 128 valence electrons. The molecule has 1 saturated carbocycles. The Morgan fingerprint density at radius 3 is 1.42 bits per heavy atom. The second kappa shape index (κ2) is 8.40. The van der Waals surface area contributed by atoms with Gasteiger partial charge in [0.15, 0.2) is 0 Å². The first-order chi connectivity index (χ1) is 11.7. The summed E-state index contributed by atoms with van der Waals surface area (Å²) in [5.41, 5.74) is 2.11. The fraction of sp³-hybridized carbons (Fsp3) is 0.400. The summed E-state index contributed by atoms with van der Waals surface area (Å²) in [6.07, 6.45) is -1.24. The molecule has 0 heterocycles. The van der Waals surface area contributed by atoms with Crippen LogP contribution in [0.1, 0.15) is 24.0 Å². The third-order valence-electron chi connectivity index (χ3n) is 4.46. The highest BCUT2D eigenvalue weighted by Gasteiger charge is 2.38. The van der Waals surface area contributed by atoms with Gasteiger partial charge in [0.05, 0.1) is 25.4 Å². The van der Waals surface area contributed by atoms with Crippen LogP contribution in [-0.2, 0) is 22.7 Å². The molecule has 0 aliphatic heterocycles. The Bertz CT molecular complexity index is 546. The van der Waals surface area contributed by atoms with Crippen molar-refractivity contribution in [2.75, 3.05) is 0 Å². The number of benzene rings is 2. The van der Waals surface area contributed by atoms with Crippen molar-refractivity contribution in [1.82, 2.24) is 0 Å². The fourth-order valence-electron chi connectivity index (χ4n) is 3.03. The van der Waals surface area contributed by atoms with Crippen LogP contribution in [0.15, 0.2) is 60.7 Å². The number of ether oxygens (including phenoxy) is 2. The third kappa shape index (κ3) is 4.42. The first-order valence-electron chi connectivity index (χ1n) is 8.41. The predicted octanol–water partition coefficient (Wildman–Crippen LogP) is 2.67. The van der Waals surface area contributed by atoms with Gasteiger partial charge in [-0.05, 0) is 24.0 Å². The maximum atomic E-state index is 10.3. The van der Waals surface area contributed by atoms with Crippen molar-refractivity contribution in [2.45, 2.75) is 50.5 Å². The number of aliphatic hydroxyl groups is 2. The van der Waals surface area contributed by atoms with Crippen molar-refractivity contribution in [1.29, 1.82) is 0 Å². The Morgan fingerprint density at radius 1 is 0.667 bits per heavy atom. The number of hydrogen-bond donors (Lipinski definition) is 2. The van der Waals surface area contributed by atoms with Gasteiger partial charge in [0.2, 0.25) is 0 Å². The highest BCUT2D eigenvalue weighted by atomic mass is 16.5. The van der Waals surface area contributed by atoms with E-state index in [9.17, 15) is 10.2 Å². The minimum absolute atomic E-state index is 0.364. The lowest BCUT2D eigenvalue weighted by atomic mass is 9.89. The Balaban J connectivity index is 1.49. The normalized spacial score (nSPS) is 27.1. The molecule has 0 amide bonds. The molecule has 0 spiro atoms. The van der Waals surface area contributed by atoms with Gasteiger partial charge in [-0.15, -0.1) is 0 Å². The lowest BCUT2D eigenvalue weighted by molar-refractivity contribution is -0.172. The molecule has 1 aliphatic carbocycles. The fourth-order valence-corrected chi connectivity index (χ4v) is 3.03. The monoisotopic (exact) mass is 328 g/mol. The van der Waals surface area contributed by atoms with Gasteiger partial charge in [-0.2, -0.15) is 0 Å². The largest absolute Gasteiger partial charge is 0.388 e. The van der Waals surface area contributed by atoms with Crippen LogP contribution in [0.25, 0.3) is 0 Å². The van der Waals surface area contributed by atoms with Crippen molar-refractivity contribution < 1.29 is 19.7 Å². The molecule has 0 saturated heterocycles. The van der Waals surface area contributed by atoms with Crippen LogP contribution in [0, 0.1) is 0 Å². The summed E-state index contributed by atoms with van der Waals surface area (Å²) < 4.78 is 11.6. The molecule has 24 heavy (non-hydrogen) atoms. The van der Waals surface area contributed by atoms with E-state index in [-0.39, 0.29) is 12.2 Å². The second-order valence-electron chi connectivity index (χ2n) is 6.23. The zero-order chi connectivity index (χ0) is 16.8. The van der Waals surface area contributed by atoms with Gasteiger partial charge in [0.1, 0.15) is 12.2 Å². The Hall–Kier alpha value is -1.72. The topological polar surface area (TPSA) is 58.9 Å². The van der Waals surface area contributed by atoms with Crippen LogP contribution >= 0.6 is 0 Å². The predicted molar refractivity (Wildman–Crippen MR) is 91.3 cm³/mol. The molecule has 2 aromatic rings. The summed E-state index contributed by atoms with van der Waals surface area (Å²) >= 11 is 0. The van der Waals surface area contributed by atoms with Crippen molar-refractivity contribution in [3.05, 3.63) is 71.8 Å². The third-order valence-corrected chi connectivity index (χ3v) is 4.46. The minimum Gasteiger partial charge on any atom is -0.388 e. The van der Waals surface area contributed by atoms with Crippen LogP contribution in [0.5, 0.6) is 0 Å². The molecule has 1 aliphatic rings. The van der Waals surface area contributed by atoms with E-state index in [0.717, 1.165) is 11.1 Å². The molecule has 4 heteroatoms. The SMILES string of the molecule is OC1[C@H](O)C(OCc2ccccc2)CC[C@H]1OCc1ccccc1. The second-order valence-corrected chi connectivity index (χ2v) is 6.23. The summed E-state index contributed by atoms with van der Waals surface area (Å²) in [7, 11) is 0. The van der Waals surface area contributed by atoms with Gasteiger partial charge >= 0.3 is 0 Å². The Morgan fingerprint density at radius 2 is 1.04 bits per heavy atom. The van der Waals surface area contributed by atoms with E-state index in [1.54, 1.807) is 0 Å². The quantitative estimate of drug-likeness (QED) is 0.856. The molecular weight excluding hydrogens is 304 g/mol. The van der Waals surface area contributed by atoms with Gasteiger partial charge in [-0.1, -0.05) is 60.7 Å². The molecule has 4 nitrogen and oxygen atoms in total. The maximum Gasteiger partial charge on any atom is 0.109 e. The van der Waals surface area contributed by atoms with Crippen LogP contribution < -0.4 is 0 Å². The molecular formula is C20H24O4. The molecule has 0 aromatic heterocycles. The average Bonchev–Trinajstić information content (AvgIpc) is 2.64. The van der Waals surface area contributed by atoms with E-state index in [2.05, 4.69) is 0 Å². The average molecular weight is 328 g/mol. The number of rotatable bonds is 6. The van der Waals surface area contributed by atoms with E-state index >= 15 is 0 Å². The zero-order valence-electron chi connectivity index (χ0n) is 13.6. The smallest absolute Gasteiger partial charge is 0.109 e. The van der Waals surface area contributed by atoms with E-state index < -0.39 is 12.2 Å². The van der Waals surface area contributed by atoms with Crippen LogP contribution in [0.3, 0.4) is 0 Å². The summed E-state index contributed by atoms with van der Waals surface area (Å²) in [6, 6.07) is 19.7. The first kappa shape index (κ1) is 17.1. The summed E-state index contributed by atoms with van der Waals surface area (Å²) in [5, 5.41) is 20.7. The lowest BCUT2D eigenvalue weighted by Gasteiger charge is -2.37. The van der Waals surface area contributed by atoms with Crippen LogP contribution in [-0.4, -0.2) is 34.6 Å². The van der Waals surface area contributed by atoms with Crippen LogP contribution in [0.4, 0.5) is 0 Å². The van der Waals surface area contributed by atoms with Gasteiger partial charge in [0, 0.05) is 0 Å². The van der Waals surface area contributed by atoms with Crippen LogP contribution in [0.2, 0.25) is 0 Å². The van der Waals surface area contributed by atoms with Gasteiger partial charge in [-0.3, -0.25) is 0 Å². The highest BCUT2D eigenvalue weighted by molar-refractivity contribution is 5.14. The molecule has 4 atom stereocenters. The molecule has 2 unspecified atom stereocenters. The molecule has 0 bridgehead atoms. The van der Waals surface area contributed by atoms with Crippen molar-refractivity contribution >= 4 is 0 Å². The molecule has 3 rings (SSSR count). The van der Waals surface area contributed by atoms with Crippen molar-refractivity contribution in [2.24, 2.45) is 0 Å². The molecule has 1 fully saturated rings. The van der Waals surface area contributed by atoms with Gasteiger partial charge in [-0.25, -0.2) is 0 Å². The van der Waals surface area contributed by atoms with Gasteiger partial charge < -0.3 is 19.7 Å². The Kier molecular flexibility index (Phi) is 5.99. The minimum atomic E-state index is -0.928. The first-order valence-corrected chi connectivity index (χ1v) is 8.41.